The van der Waals surface area contributed by atoms with Crippen molar-refractivity contribution in [2.75, 3.05) is 18.4 Å². The van der Waals surface area contributed by atoms with Crippen LogP contribution in [-0.2, 0) is 4.79 Å². The van der Waals surface area contributed by atoms with Gasteiger partial charge in [-0.15, -0.1) is 0 Å². The van der Waals surface area contributed by atoms with Gasteiger partial charge in [0.15, 0.2) is 6.04 Å². The monoisotopic (exact) mass is 438 g/mol. The van der Waals surface area contributed by atoms with E-state index in [4.69, 9.17) is 0 Å². The van der Waals surface area contributed by atoms with Crippen LogP contribution in [-0.4, -0.2) is 45.9 Å². The van der Waals surface area contributed by atoms with Gasteiger partial charge in [-0.1, -0.05) is 32.9 Å². The molecule has 0 saturated carbocycles. The Balaban J connectivity index is 1.55. The highest BCUT2D eigenvalue weighted by Gasteiger charge is 2.48. The maximum absolute atomic E-state index is 13.9. The predicted octanol–water partition coefficient (Wildman–Crippen LogP) is 5.28. The minimum Gasteiger partial charge on any atom is -0.367 e. The van der Waals surface area contributed by atoms with Gasteiger partial charge in [0, 0.05) is 37.0 Å². The molecule has 5 nitrogen and oxygen atoms in total. The Labute approximate surface area is 182 Å². The van der Waals surface area contributed by atoms with E-state index in [0.717, 1.165) is 43.3 Å². The maximum Gasteiger partial charge on any atom is 0.410 e. The van der Waals surface area contributed by atoms with Crippen molar-refractivity contribution in [2.45, 2.75) is 83.5 Å². The maximum atomic E-state index is 13.9. The number of rotatable bonds is 2. The number of carbonyl (C=O) groups excluding carboxylic acids is 1. The summed E-state index contributed by atoms with van der Waals surface area (Å²) in [5.41, 5.74) is 0.356. The predicted molar refractivity (Wildman–Crippen MR) is 114 cm³/mol. The first-order valence-electron chi connectivity index (χ1n) is 11.4. The van der Waals surface area contributed by atoms with Crippen LogP contribution in [0.2, 0.25) is 0 Å². The van der Waals surface area contributed by atoms with Crippen LogP contribution in [0.3, 0.4) is 0 Å². The summed E-state index contributed by atoms with van der Waals surface area (Å²) in [6, 6.07) is -0.143. The first kappa shape index (κ1) is 22.2. The number of amides is 1. The van der Waals surface area contributed by atoms with Crippen LogP contribution in [0.25, 0.3) is 0 Å². The number of likely N-dealkylation sites (tertiary alicyclic amines) is 1. The fourth-order valence-electron chi connectivity index (χ4n) is 5.06. The van der Waals surface area contributed by atoms with Gasteiger partial charge in [-0.25, -0.2) is 4.68 Å². The SMILES string of the molecule is CC(C)(C)[C@@H]1C[C@@H](C(F)(F)F)n2nc([C@@H]3CCCN(C(=O)[C@H]4CC=CCC4)C3)cc2N1. The number of alkyl halides is 3. The van der Waals surface area contributed by atoms with E-state index in [1.54, 1.807) is 6.07 Å². The number of nitrogens with zero attached hydrogens (tertiary/aromatic N) is 3. The first-order chi connectivity index (χ1) is 14.5. The summed E-state index contributed by atoms with van der Waals surface area (Å²) < 4.78 is 42.7. The fraction of sp³-hybridized carbons (Fsp3) is 0.739. The highest BCUT2D eigenvalue weighted by Crippen LogP contribution is 2.44. The number of anilines is 1. The van der Waals surface area contributed by atoms with Crippen molar-refractivity contribution in [3.05, 3.63) is 23.9 Å². The highest BCUT2D eigenvalue weighted by atomic mass is 19.4. The topological polar surface area (TPSA) is 50.2 Å². The molecule has 0 radical (unpaired) electrons. The van der Waals surface area contributed by atoms with Crippen LogP contribution in [0.5, 0.6) is 0 Å². The normalized spacial score (nSPS) is 29.4. The van der Waals surface area contributed by atoms with Crippen LogP contribution in [0, 0.1) is 11.3 Å². The first-order valence-corrected chi connectivity index (χ1v) is 11.4. The molecule has 1 amide bonds. The van der Waals surface area contributed by atoms with Gasteiger partial charge in [0.25, 0.3) is 0 Å². The molecule has 0 spiro atoms. The van der Waals surface area contributed by atoms with E-state index in [9.17, 15) is 18.0 Å². The number of nitrogens with one attached hydrogen (secondary N) is 1. The van der Waals surface area contributed by atoms with E-state index in [2.05, 4.69) is 22.6 Å². The molecule has 1 N–H and O–H groups in total. The summed E-state index contributed by atoms with van der Waals surface area (Å²) in [6.45, 7) is 7.12. The van der Waals surface area contributed by atoms with Gasteiger partial charge in [-0.2, -0.15) is 18.3 Å². The van der Waals surface area contributed by atoms with Crippen molar-refractivity contribution in [2.24, 2.45) is 11.3 Å². The Bertz CT molecular complexity index is 839. The van der Waals surface area contributed by atoms with Gasteiger partial charge < -0.3 is 10.2 Å². The summed E-state index contributed by atoms with van der Waals surface area (Å²) in [7, 11) is 0. The Morgan fingerprint density at radius 1 is 1.19 bits per heavy atom. The second kappa shape index (κ2) is 8.17. The minimum absolute atomic E-state index is 0.0290. The van der Waals surface area contributed by atoms with Gasteiger partial charge in [-0.3, -0.25) is 4.79 Å². The highest BCUT2D eigenvalue weighted by molar-refractivity contribution is 5.79. The van der Waals surface area contributed by atoms with Crippen molar-refractivity contribution < 1.29 is 18.0 Å². The molecule has 3 heterocycles. The second-order valence-corrected chi connectivity index (χ2v) is 10.4. The molecule has 31 heavy (non-hydrogen) atoms. The lowest BCUT2D eigenvalue weighted by atomic mass is 9.82. The summed E-state index contributed by atoms with van der Waals surface area (Å²) in [5, 5.41) is 7.73. The molecule has 1 saturated heterocycles. The molecular formula is C23H33F3N4O. The summed E-state index contributed by atoms with van der Waals surface area (Å²) in [6.07, 6.45) is 4.08. The molecule has 0 unspecified atom stereocenters. The number of hydrogen-bond donors (Lipinski definition) is 1. The molecule has 1 aromatic rings. The van der Waals surface area contributed by atoms with E-state index in [0.29, 0.717) is 18.1 Å². The summed E-state index contributed by atoms with van der Waals surface area (Å²) in [5.74, 6) is 0.614. The van der Waals surface area contributed by atoms with E-state index >= 15 is 0 Å². The van der Waals surface area contributed by atoms with Crippen molar-refractivity contribution >= 4 is 11.7 Å². The van der Waals surface area contributed by atoms with Gasteiger partial charge in [0.05, 0.1) is 5.69 Å². The smallest absolute Gasteiger partial charge is 0.367 e. The molecular weight excluding hydrogens is 405 g/mol. The number of halogens is 3. The average Bonchev–Trinajstić information content (AvgIpc) is 3.16. The third-order valence-corrected chi connectivity index (χ3v) is 7.02. The molecule has 2 aliphatic heterocycles. The second-order valence-electron chi connectivity index (χ2n) is 10.4. The summed E-state index contributed by atoms with van der Waals surface area (Å²) >= 11 is 0. The molecule has 4 rings (SSSR count). The number of allylic oxidation sites excluding steroid dienone is 2. The number of aromatic nitrogens is 2. The van der Waals surface area contributed by atoms with Crippen molar-refractivity contribution in [3.63, 3.8) is 0 Å². The Morgan fingerprint density at radius 2 is 1.97 bits per heavy atom. The lowest BCUT2D eigenvalue weighted by molar-refractivity contribution is -0.175. The summed E-state index contributed by atoms with van der Waals surface area (Å²) in [4.78, 5) is 14.9. The van der Waals surface area contributed by atoms with Crippen LogP contribution in [0.4, 0.5) is 19.0 Å². The number of carbonyl (C=O) groups is 1. The molecule has 1 fully saturated rings. The van der Waals surface area contributed by atoms with E-state index in [-0.39, 0.29) is 35.6 Å². The Kier molecular flexibility index (Phi) is 5.85. The molecule has 8 heteroatoms. The van der Waals surface area contributed by atoms with E-state index in [1.165, 1.54) is 0 Å². The minimum atomic E-state index is -4.35. The standard InChI is InChI=1S/C23H33F3N4O/c1-22(2,3)18-13-19(23(24,25)26)30-20(27-18)12-17(28-30)16-10-7-11-29(14-16)21(31)15-8-5-4-6-9-15/h4-5,12,15-16,18-19,27H,6-11,13-14H2,1-3H3/t15-,16+,18-,19-/m0/s1. The van der Waals surface area contributed by atoms with Gasteiger partial charge in [0.1, 0.15) is 5.82 Å². The van der Waals surface area contributed by atoms with Gasteiger partial charge in [0.2, 0.25) is 5.91 Å². The zero-order valence-corrected chi connectivity index (χ0v) is 18.6. The molecule has 3 aliphatic rings. The molecule has 0 bridgehead atoms. The van der Waals surface area contributed by atoms with Crippen LogP contribution < -0.4 is 5.32 Å². The molecule has 0 aromatic carbocycles. The Morgan fingerprint density at radius 3 is 2.61 bits per heavy atom. The van der Waals surface area contributed by atoms with Gasteiger partial charge >= 0.3 is 6.18 Å². The van der Waals surface area contributed by atoms with Crippen LogP contribution in [0.1, 0.15) is 76.9 Å². The lowest BCUT2D eigenvalue weighted by Crippen LogP contribution is -2.45. The molecule has 1 aromatic heterocycles. The molecule has 1 aliphatic carbocycles. The van der Waals surface area contributed by atoms with Crippen molar-refractivity contribution in [1.82, 2.24) is 14.7 Å². The van der Waals surface area contributed by atoms with Crippen LogP contribution in [0.15, 0.2) is 18.2 Å². The lowest BCUT2D eigenvalue weighted by Gasteiger charge is -2.39. The molecule has 172 valence electrons. The zero-order chi connectivity index (χ0) is 22.4. The third-order valence-electron chi connectivity index (χ3n) is 7.02. The quantitative estimate of drug-likeness (QED) is 0.639. The molecule has 4 atom stereocenters. The van der Waals surface area contributed by atoms with Crippen molar-refractivity contribution in [3.8, 4) is 0 Å². The Hall–Kier alpha value is -1.99. The largest absolute Gasteiger partial charge is 0.410 e. The number of piperidine rings is 1. The zero-order valence-electron chi connectivity index (χ0n) is 18.6. The fourth-order valence-corrected chi connectivity index (χ4v) is 5.06. The van der Waals surface area contributed by atoms with E-state index < -0.39 is 12.2 Å². The average molecular weight is 439 g/mol. The third kappa shape index (κ3) is 4.62. The van der Waals surface area contributed by atoms with Crippen molar-refractivity contribution in [1.29, 1.82) is 0 Å². The number of hydrogen-bond acceptors (Lipinski definition) is 3. The number of fused-ring (bicyclic) bond motifs is 1. The van der Waals surface area contributed by atoms with Crippen LogP contribution >= 0.6 is 0 Å². The van der Waals surface area contributed by atoms with Gasteiger partial charge in [-0.05, 0) is 43.9 Å². The van der Waals surface area contributed by atoms with E-state index in [1.807, 2.05) is 25.7 Å².